The fraction of sp³-hybridized carbons (Fsp3) is 0.400. The largest absolute Gasteiger partial charge is 0.492 e. The Morgan fingerprint density at radius 2 is 1.54 bits per heavy atom. The molecule has 0 N–H and O–H groups in total. The maximum atomic E-state index is 6.08. The molecule has 2 aromatic rings. The fourth-order valence-corrected chi connectivity index (χ4v) is 2.96. The molecule has 0 spiro atoms. The molecule has 0 saturated carbocycles. The van der Waals surface area contributed by atoms with E-state index in [0.717, 1.165) is 51.5 Å². The molecule has 1 heterocycles. The Hall–Kier alpha value is -1.55. The summed E-state index contributed by atoms with van der Waals surface area (Å²) in [7, 11) is 2.19. The maximum Gasteiger partial charge on any atom is 0.122 e. The van der Waals surface area contributed by atoms with Gasteiger partial charge in [0.1, 0.15) is 12.4 Å². The SMILES string of the molecule is CN1CCN(CCOc2ccccc2Cc2ccccc2)CC1.Cl. The van der Waals surface area contributed by atoms with Crippen LogP contribution >= 0.6 is 12.4 Å². The second-order valence-corrected chi connectivity index (χ2v) is 6.26. The summed E-state index contributed by atoms with van der Waals surface area (Å²) in [6.07, 6.45) is 0.922. The molecule has 24 heavy (non-hydrogen) atoms. The number of hydrogen-bond donors (Lipinski definition) is 0. The van der Waals surface area contributed by atoms with Crippen LogP contribution in [0, 0.1) is 0 Å². The topological polar surface area (TPSA) is 15.7 Å². The normalized spacial score (nSPS) is 15.7. The van der Waals surface area contributed by atoms with E-state index in [2.05, 4.69) is 71.4 Å². The van der Waals surface area contributed by atoms with Crippen LogP contribution in [-0.2, 0) is 6.42 Å². The van der Waals surface area contributed by atoms with E-state index in [1.165, 1.54) is 11.1 Å². The van der Waals surface area contributed by atoms with E-state index in [-0.39, 0.29) is 12.4 Å². The van der Waals surface area contributed by atoms with Gasteiger partial charge in [0.15, 0.2) is 0 Å². The highest BCUT2D eigenvalue weighted by Gasteiger charge is 2.13. The van der Waals surface area contributed by atoms with Gasteiger partial charge in [0.25, 0.3) is 0 Å². The molecule has 0 unspecified atom stereocenters. The summed E-state index contributed by atoms with van der Waals surface area (Å²) >= 11 is 0. The molecule has 0 bridgehead atoms. The van der Waals surface area contributed by atoms with Gasteiger partial charge in [-0.15, -0.1) is 12.4 Å². The summed E-state index contributed by atoms with van der Waals surface area (Å²) < 4.78 is 6.08. The smallest absolute Gasteiger partial charge is 0.122 e. The average Bonchev–Trinajstić information content (AvgIpc) is 2.59. The summed E-state index contributed by atoms with van der Waals surface area (Å²) in [5, 5.41) is 0. The van der Waals surface area contributed by atoms with Gasteiger partial charge in [0.05, 0.1) is 0 Å². The molecule has 3 nitrogen and oxygen atoms in total. The highest BCUT2D eigenvalue weighted by atomic mass is 35.5. The Kier molecular flexibility index (Phi) is 7.57. The third-order valence-corrected chi connectivity index (χ3v) is 4.47. The predicted octanol–water partition coefficient (Wildman–Crippen LogP) is 3.33. The van der Waals surface area contributed by atoms with Crippen molar-refractivity contribution >= 4 is 12.4 Å². The van der Waals surface area contributed by atoms with E-state index in [1.54, 1.807) is 0 Å². The van der Waals surface area contributed by atoms with Gasteiger partial charge >= 0.3 is 0 Å². The quantitative estimate of drug-likeness (QED) is 0.798. The summed E-state index contributed by atoms with van der Waals surface area (Å²) in [5.41, 5.74) is 2.58. The van der Waals surface area contributed by atoms with Gasteiger partial charge in [-0.05, 0) is 24.2 Å². The Morgan fingerprint density at radius 1 is 0.875 bits per heavy atom. The highest BCUT2D eigenvalue weighted by molar-refractivity contribution is 5.85. The molecule has 1 saturated heterocycles. The number of likely N-dealkylation sites (N-methyl/N-ethyl adjacent to an activating group) is 1. The van der Waals surface area contributed by atoms with Crippen LogP contribution < -0.4 is 4.74 Å². The molecule has 0 atom stereocenters. The minimum Gasteiger partial charge on any atom is -0.492 e. The number of hydrogen-bond acceptors (Lipinski definition) is 3. The van der Waals surface area contributed by atoms with E-state index in [1.807, 2.05) is 0 Å². The Labute approximate surface area is 151 Å². The van der Waals surface area contributed by atoms with Crippen LogP contribution in [0.3, 0.4) is 0 Å². The van der Waals surface area contributed by atoms with Crippen LogP contribution in [0.25, 0.3) is 0 Å². The Bertz CT molecular complexity index is 598. The third-order valence-electron chi connectivity index (χ3n) is 4.47. The zero-order valence-corrected chi connectivity index (χ0v) is 15.2. The van der Waals surface area contributed by atoms with Crippen LogP contribution in [0.5, 0.6) is 5.75 Å². The number of piperazine rings is 1. The molecule has 1 aliphatic rings. The number of nitrogens with zero attached hydrogens (tertiary/aromatic N) is 2. The second kappa shape index (κ2) is 9.67. The number of halogens is 1. The third kappa shape index (κ3) is 5.52. The molecule has 3 rings (SSSR count). The number of para-hydroxylation sites is 1. The van der Waals surface area contributed by atoms with E-state index < -0.39 is 0 Å². The monoisotopic (exact) mass is 346 g/mol. The van der Waals surface area contributed by atoms with Crippen LogP contribution in [-0.4, -0.2) is 56.2 Å². The molecule has 0 radical (unpaired) electrons. The zero-order valence-electron chi connectivity index (χ0n) is 14.4. The number of rotatable bonds is 6. The summed E-state index contributed by atoms with van der Waals surface area (Å²) in [6, 6.07) is 19.0. The van der Waals surface area contributed by atoms with Gasteiger partial charge in [0.2, 0.25) is 0 Å². The molecule has 0 aliphatic carbocycles. The summed E-state index contributed by atoms with van der Waals surface area (Å²) in [5.74, 6) is 1.02. The van der Waals surface area contributed by atoms with Crippen LogP contribution in [0.2, 0.25) is 0 Å². The first-order valence-corrected chi connectivity index (χ1v) is 8.47. The van der Waals surface area contributed by atoms with Crippen LogP contribution in [0.4, 0.5) is 0 Å². The minimum atomic E-state index is 0. The number of ether oxygens (including phenoxy) is 1. The van der Waals surface area contributed by atoms with Crippen molar-refractivity contribution in [2.24, 2.45) is 0 Å². The van der Waals surface area contributed by atoms with Gasteiger partial charge in [-0.3, -0.25) is 4.90 Å². The Morgan fingerprint density at radius 3 is 2.29 bits per heavy atom. The zero-order chi connectivity index (χ0) is 15.9. The van der Waals surface area contributed by atoms with Gasteiger partial charge in [-0.1, -0.05) is 48.5 Å². The highest BCUT2D eigenvalue weighted by Crippen LogP contribution is 2.21. The molecule has 1 aliphatic heterocycles. The van der Waals surface area contributed by atoms with E-state index in [4.69, 9.17) is 4.74 Å². The van der Waals surface area contributed by atoms with E-state index >= 15 is 0 Å². The Balaban J connectivity index is 0.00000208. The van der Waals surface area contributed by atoms with Gasteiger partial charge in [-0.25, -0.2) is 0 Å². The minimum absolute atomic E-state index is 0. The molecule has 1 fully saturated rings. The molecule has 0 amide bonds. The van der Waals surface area contributed by atoms with Crippen LogP contribution in [0.1, 0.15) is 11.1 Å². The van der Waals surface area contributed by atoms with Crippen molar-refractivity contribution in [2.45, 2.75) is 6.42 Å². The average molecular weight is 347 g/mol. The van der Waals surface area contributed by atoms with Gasteiger partial charge < -0.3 is 9.64 Å². The van der Waals surface area contributed by atoms with Crippen molar-refractivity contribution in [3.05, 3.63) is 65.7 Å². The molecule has 0 aromatic heterocycles. The lowest BCUT2D eigenvalue weighted by Crippen LogP contribution is -2.45. The standard InChI is InChI=1S/C20H26N2O.ClH/c1-21-11-13-22(14-12-21)15-16-23-20-10-6-5-9-19(20)17-18-7-3-2-4-8-18;/h2-10H,11-17H2,1H3;1H. The van der Waals surface area contributed by atoms with Crippen molar-refractivity contribution in [1.82, 2.24) is 9.80 Å². The molecule has 4 heteroatoms. The first-order valence-electron chi connectivity index (χ1n) is 8.47. The molecular weight excluding hydrogens is 320 g/mol. The maximum absolute atomic E-state index is 6.08. The van der Waals surface area contributed by atoms with Crippen molar-refractivity contribution < 1.29 is 4.74 Å². The van der Waals surface area contributed by atoms with Crippen molar-refractivity contribution in [1.29, 1.82) is 0 Å². The summed E-state index contributed by atoms with van der Waals surface area (Å²) in [6.45, 7) is 6.37. The van der Waals surface area contributed by atoms with Crippen molar-refractivity contribution in [3.8, 4) is 5.75 Å². The number of benzene rings is 2. The lowest BCUT2D eigenvalue weighted by molar-refractivity contribution is 0.133. The second-order valence-electron chi connectivity index (χ2n) is 6.26. The lowest BCUT2D eigenvalue weighted by Gasteiger charge is -2.32. The van der Waals surface area contributed by atoms with Gasteiger partial charge in [-0.2, -0.15) is 0 Å². The molecule has 2 aromatic carbocycles. The van der Waals surface area contributed by atoms with Crippen molar-refractivity contribution in [3.63, 3.8) is 0 Å². The molecular formula is C20H27ClN2O. The fourth-order valence-electron chi connectivity index (χ4n) is 2.96. The lowest BCUT2D eigenvalue weighted by atomic mass is 10.0. The van der Waals surface area contributed by atoms with Crippen LogP contribution in [0.15, 0.2) is 54.6 Å². The summed E-state index contributed by atoms with van der Waals surface area (Å²) in [4.78, 5) is 4.87. The first-order chi connectivity index (χ1) is 11.3. The van der Waals surface area contributed by atoms with E-state index in [9.17, 15) is 0 Å². The van der Waals surface area contributed by atoms with Gasteiger partial charge in [0, 0.05) is 39.1 Å². The first kappa shape index (κ1) is 18.8. The van der Waals surface area contributed by atoms with Crippen molar-refractivity contribution in [2.75, 3.05) is 46.4 Å². The molecule has 130 valence electrons. The van der Waals surface area contributed by atoms with E-state index in [0.29, 0.717) is 0 Å². The predicted molar refractivity (Wildman–Crippen MR) is 102 cm³/mol.